The van der Waals surface area contributed by atoms with Crippen molar-refractivity contribution in [1.82, 2.24) is 0 Å². The van der Waals surface area contributed by atoms with Crippen molar-refractivity contribution in [1.29, 1.82) is 0 Å². The van der Waals surface area contributed by atoms with Crippen LogP contribution in [0.25, 0.3) is 0 Å². The highest BCUT2D eigenvalue weighted by molar-refractivity contribution is 4.76. The second kappa shape index (κ2) is 7.39. The molecule has 0 radical (unpaired) electrons. The van der Waals surface area contributed by atoms with Crippen LogP contribution in [-0.2, 0) is 0 Å². The molecule has 0 heteroatoms. The fourth-order valence-corrected chi connectivity index (χ4v) is 1.65. The molecule has 0 rings (SSSR count). The van der Waals surface area contributed by atoms with Gasteiger partial charge in [0.1, 0.15) is 0 Å². The Bertz CT molecular complexity index is 105. The smallest absolute Gasteiger partial charge is 0.0322 e. The Hall–Kier alpha value is -0.260. The second-order valence-electron chi connectivity index (χ2n) is 3.81. The summed E-state index contributed by atoms with van der Waals surface area (Å²) in [5, 5.41) is 0. The van der Waals surface area contributed by atoms with Crippen LogP contribution in [0.4, 0.5) is 0 Å². The minimum Gasteiger partial charge on any atom is -0.103 e. The number of hydrogen-bond donors (Lipinski definition) is 0. The van der Waals surface area contributed by atoms with Gasteiger partial charge >= 0.3 is 0 Å². The molecule has 0 aromatic heterocycles. The molecule has 12 heavy (non-hydrogen) atoms. The first kappa shape index (κ1) is 11.7. The van der Waals surface area contributed by atoms with Crippen LogP contribution in [0.3, 0.4) is 0 Å². The first-order chi connectivity index (χ1) is 5.76. The van der Waals surface area contributed by atoms with Gasteiger partial charge in [0.2, 0.25) is 0 Å². The van der Waals surface area contributed by atoms with E-state index >= 15 is 0 Å². The average molecular weight is 168 g/mol. The minimum atomic E-state index is 0.870. The highest BCUT2D eigenvalue weighted by Gasteiger charge is 2.12. The first-order valence-corrected chi connectivity index (χ1v) is 5.37. The summed E-state index contributed by atoms with van der Waals surface area (Å²) in [7, 11) is 0. The molecular formula is C12H24. The highest BCUT2D eigenvalue weighted by Crippen LogP contribution is 2.24. The van der Waals surface area contributed by atoms with Gasteiger partial charge in [0.15, 0.2) is 0 Å². The third-order valence-corrected chi connectivity index (χ3v) is 2.85. The molecule has 0 amide bonds. The fraction of sp³-hybridized carbons (Fsp3) is 0.833. The summed E-state index contributed by atoms with van der Waals surface area (Å²) in [6.45, 7) is 10.7. The van der Waals surface area contributed by atoms with Crippen LogP contribution in [0.1, 0.15) is 52.9 Å². The third kappa shape index (κ3) is 4.58. The zero-order valence-corrected chi connectivity index (χ0v) is 8.97. The van der Waals surface area contributed by atoms with Crippen molar-refractivity contribution in [3.8, 4) is 0 Å². The molecule has 0 aromatic carbocycles. The average Bonchev–Trinajstić information content (AvgIpc) is 2.11. The molecule has 0 saturated heterocycles. The SMILES string of the molecule is C=CCC(CCCC)C(C)CC. The lowest BCUT2D eigenvalue weighted by Gasteiger charge is -2.21. The predicted octanol–water partition coefficient (Wildman–Crippen LogP) is 4.42. The molecular weight excluding hydrogens is 144 g/mol. The molecule has 2 unspecified atom stereocenters. The minimum absolute atomic E-state index is 0.870. The summed E-state index contributed by atoms with van der Waals surface area (Å²) in [5.74, 6) is 1.75. The summed E-state index contributed by atoms with van der Waals surface area (Å²) in [5.41, 5.74) is 0. The number of hydrogen-bond acceptors (Lipinski definition) is 0. The Morgan fingerprint density at radius 3 is 2.42 bits per heavy atom. The van der Waals surface area contributed by atoms with E-state index in [2.05, 4.69) is 33.4 Å². The molecule has 0 N–H and O–H groups in total. The van der Waals surface area contributed by atoms with Crippen LogP contribution in [-0.4, -0.2) is 0 Å². The molecule has 0 nitrogen and oxygen atoms in total. The Kier molecular flexibility index (Phi) is 7.23. The van der Waals surface area contributed by atoms with E-state index in [0.717, 1.165) is 11.8 Å². The fourth-order valence-electron chi connectivity index (χ4n) is 1.65. The lowest BCUT2D eigenvalue weighted by Crippen LogP contribution is -2.09. The van der Waals surface area contributed by atoms with E-state index in [9.17, 15) is 0 Å². The van der Waals surface area contributed by atoms with Gasteiger partial charge in [0.25, 0.3) is 0 Å². The van der Waals surface area contributed by atoms with Crippen LogP contribution in [0.2, 0.25) is 0 Å². The molecule has 0 aliphatic carbocycles. The van der Waals surface area contributed by atoms with Crippen LogP contribution in [0.15, 0.2) is 12.7 Å². The Morgan fingerprint density at radius 1 is 1.33 bits per heavy atom. The van der Waals surface area contributed by atoms with Gasteiger partial charge in [-0.3, -0.25) is 0 Å². The van der Waals surface area contributed by atoms with Crippen molar-refractivity contribution < 1.29 is 0 Å². The largest absolute Gasteiger partial charge is 0.103 e. The molecule has 0 heterocycles. The maximum Gasteiger partial charge on any atom is -0.0322 e. The van der Waals surface area contributed by atoms with E-state index in [-0.39, 0.29) is 0 Å². The maximum absolute atomic E-state index is 3.83. The Labute approximate surface area is 78.1 Å². The zero-order chi connectivity index (χ0) is 9.40. The van der Waals surface area contributed by atoms with E-state index in [1.807, 2.05) is 0 Å². The normalized spacial score (nSPS) is 15.6. The van der Waals surface area contributed by atoms with Crippen molar-refractivity contribution in [3.63, 3.8) is 0 Å². The van der Waals surface area contributed by atoms with Crippen LogP contribution >= 0.6 is 0 Å². The van der Waals surface area contributed by atoms with Crippen LogP contribution < -0.4 is 0 Å². The molecule has 0 bridgehead atoms. The van der Waals surface area contributed by atoms with Gasteiger partial charge in [0, 0.05) is 0 Å². The predicted molar refractivity (Wildman–Crippen MR) is 57.3 cm³/mol. The molecule has 0 aromatic rings. The third-order valence-electron chi connectivity index (χ3n) is 2.85. The van der Waals surface area contributed by atoms with Gasteiger partial charge in [-0.1, -0.05) is 46.1 Å². The molecule has 2 atom stereocenters. The van der Waals surface area contributed by atoms with Gasteiger partial charge in [-0.05, 0) is 24.7 Å². The molecule has 0 saturated carbocycles. The highest BCUT2D eigenvalue weighted by atomic mass is 14.2. The van der Waals surface area contributed by atoms with Crippen molar-refractivity contribution >= 4 is 0 Å². The van der Waals surface area contributed by atoms with E-state index in [1.165, 1.54) is 32.1 Å². The van der Waals surface area contributed by atoms with Gasteiger partial charge in [0.05, 0.1) is 0 Å². The number of unbranched alkanes of at least 4 members (excludes halogenated alkanes) is 1. The van der Waals surface area contributed by atoms with Gasteiger partial charge in [-0.2, -0.15) is 0 Å². The maximum atomic E-state index is 3.83. The van der Waals surface area contributed by atoms with Gasteiger partial charge < -0.3 is 0 Å². The molecule has 0 aliphatic heterocycles. The van der Waals surface area contributed by atoms with Crippen molar-refractivity contribution in [3.05, 3.63) is 12.7 Å². The topological polar surface area (TPSA) is 0 Å². The zero-order valence-electron chi connectivity index (χ0n) is 8.97. The lowest BCUT2D eigenvalue weighted by atomic mass is 9.85. The molecule has 0 aliphatic rings. The second-order valence-corrected chi connectivity index (χ2v) is 3.81. The standard InChI is InChI=1S/C12H24/c1-5-8-10-12(9-6-2)11(4)7-3/h6,11-12H,2,5,7-10H2,1,3-4H3. The Morgan fingerprint density at radius 2 is 2.00 bits per heavy atom. The van der Waals surface area contributed by atoms with Crippen LogP contribution in [0.5, 0.6) is 0 Å². The van der Waals surface area contributed by atoms with E-state index < -0.39 is 0 Å². The van der Waals surface area contributed by atoms with E-state index in [4.69, 9.17) is 0 Å². The van der Waals surface area contributed by atoms with E-state index in [1.54, 1.807) is 0 Å². The summed E-state index contributed by atoms with van der Waals surface area (Å²) in [6.07, 6.45) is 8.67. The first-order valence-electron chi connectivity index (χ1n) is 5.37. The van der Waals surface area contributed by atoms with Crippen molar-refractivity contribution in [2.45, 2.75) is 52.9 Å². The summed E-state index contributed by atoms with van der Waals surface area (Å²) in [4.78, 5) is 0. The number of rotatable bonds is 7. The monoisotopic (exact) mass is 168 g/mol. The molecule has 72 valence electrons. The van der Waals surface area contributed by atoms with Gasteiger partial charge in [-0.15, -0.1) is 6.58 Å². The van der Waals surface area contributed by atoms with Crippen molar-refractivity contribution in [2.24, 2.45) is 11.8 Å². The summed E-state index contributed by atoms with van der Waals surface area (Å²) < 4.78 is 0. The quantitative estimate of drug-likeness (QED) is 0.494. The summed E-state index contributed by atoms with van der Waals surface area (Å²) >= 11 is 0. The summed E-state index contributed by atoms with van der Waals surface area (Å²) in [6, 6.07) is 0. The van der Waals surface area contributed by atoms with E-state index in [0.29, 0.717) is 0 Å². The lowest BCUT2D eigenvalue weighted by molar-refractivity contribution is 0.322. The van der Waals surface area contributed by atoms with Gasteiger partial charge in [-0.25, -0.2) is 0 Å². The molecule has 0 spiro atoms. The van der Waals surface area contributed by atoms with Crippen molar-refractivity contribution in [2.75, 3.05) is 0 Å². The van der Waals surface area contributed by atoms with Crippen LogP contribution in [0, 0.1) is 11.8 Å². The Balaban J connectivity index is 3.75. The number of allylic oxidation sites excluding steroid dienone is 1. The molecule has 0 fully saturated rings.